The predicted octanol–water partition coefficient (Wildman–Crippen LogP) is 1.82. The largest absolute Gasteiger partial charge is 0.408 e. The summed E-state index contributed by atoms with van der Waals surface area (Å²) >= 11 is 0. The lowest BCUT2D eigenvalue weighted by molar-refractivity contribution is 0.506. The fourth-order valence-electron chi connectivity index (χ4n) is 2.10. The summed E-state index contributed by atoms with van der Waals surface area (Å²) in [4.78, 5) is 0. The van der Waals surface area contributed by atoms with Gasteiger partial charge in [0, 0.05) is 5.92 Å². The van der Waals surface area contributed by atoms with Crippen molar-refractivity contribution in [3.8, 4) is 0 Å². The molecule has 0 bridgehead atoms. The van der Waals surface area contributed by atoms with Gasteiger partial charge in [-0.1, -0.05) is 34.6 Å². The molecule has 0 radical (unpaired) electrons. The van der Waals surface area contributed by atoms with Crippen LogP contribution >= 0.6 is 0 Å². The van der Waals surface area contributed by atoms with E-state index in [1.54, 1.807) is 0 Å². The second kappa shape index (κ2) is 4.59. The third-order valence-corrected chi connectivity index (χ3v) is 3.38. The molecule has 0 aromatic carbocycles. The number of nitrogens with zero attached hydrogens (tertiary/aromatic N) is 5. The third-order valence-electron chi connectivity index (χ3n) is 3.38. The molecule has 0 atom stereocenters. The molecule has 7 heteroatoms. The summed E-state index contributed by atoms with van der Waals surface area (Å²) in [5.41, 5.74) is 0.838. The van der Waals surface area contributed by atoms with Crippen molar-refractivity contribution in [3.05, 3.63) is 42.1 Å². The van der Waals surface area contributed by atoms with Gasteiger partial charge in [-0.3, -0.25) is 0 Å². The fourth-order valence-corrected chi connectivity index (χ4v) is 2.10. The fraction of sp³-hybridized carbons (Fsp3) is 0.385. The van der Waals surface area contributed by atoms with Gasteiger partial charge in [0.15, 0.2) is 0 Å². The van der Waals surface area contributed by atoms with Gasteiger partial charge in [0.1, 0.15) is 5.69 Å². The predicted molar refractivity (Wildman–Crippen MR) is 70.9 cm³/mol. The van der Waals surface area contributed by atoms with Gasteiger partial charge >= 0.3 is 6.01 Å². The second-order valence-corrected chi connectivity index (χ2v) is 5.02. The Bertz CT molecular complexity index is 654. The van der Waals surface area contributed by atoms with E-state index in [1.165, 1.54) is 0 Å². The van der Waals surface area contributed by atoms with Crippen molar-refractivity contribution in [2.24, 2.45) is 0 Å². The lowest BCUT2D eigenvalue weighted by Crippen LogP contribution is -2.02. The van der Waals surface area contributed by atoms with Crippen molar-refractivity contribution in [3.63, 3.8) is 0 Å². The maximum atomic E-state index is 5.53. The summed E-state index contributed by atoms with van der Waals surface area (Å²) < 4.78 is 7.35. The van der Waals surface area contributed by atoms with Crippen LogP contribution in [-0.2, 0) is 6.54 Å². The first kappa shape index (κ1) is 11.4. The van der Waals surface area contributed by atoms with Crippen LogP contribution in [0, 0.1) is 0 Å². The molecule has 0 spiro atoms. The zero-order valence-corrected chi connectivity index (χ0v) is 10.8. The average molecular weight is 270 g/mol. The van der Waals surface area contributed by atoms with Crippen LogP contribution in [0.15, 0.2) is 34.9 Å². The van der Waals surface area contributed by atoms with E-state index in [0.29, 0.717) is 18.5 Å². The van der Waals surface area contributed by atoms with Gasteiger partial charge in [0.05, 0.1) is 18.8 Å². The lowest BCUT2D eigenvalue weighted by atomic mass is 10.3. The van der Waals surface area contributed by atoms with Gasteiger partial charge in [-0.15, -0.1) is 10.2 Å². The molecular formula is C13H14N6O. The number of hydrogen-bond donors (Lipinski definition) is 1. The van der Waals surface area contributed by atoms with Crippen LogP contribution in [0.1, 0.15) is 36.4 Å². The molecule has 0 saturated heterocycles. The summed E-state index contributed by atoms with van der Waals surface area (Å²) in [5, 5.41) is 19.3. The Balaban J connectivity index is 1.38. The first-order valence-electron chi connectivity index (χ1n) is 6.71. The van der Waals surface area contributed by atoms with Crippen molar-refractivity contribution < 1.29 is 4.42 Å². The molecule has 2 aromatic heterocycles. The molecule has 20 heavy (non-hydrogen) atoms. The molecule has 7 nitrogen and oxygen atoms in total. The van der Waals surface area contributed by atoms with Crippen molar-refractivity contribution in [1.29, 1.82) is 0 Å². The Kier molecular flexibility index (Phi) is 2.61. The Morgan fingerprint density at radius 3 is 2.85 bits per heavy atom. The molecule has 2 aliphatic carbocycles. The summed E-state index contributed by atoms with van der Waals surface area (Å²) in [6.07, 6.45) is 12.3. The van der Waals surface area contributed by atoms with Crippen LogP contribution in [0.2, 0.25) is 0 Å². The second-order valence-electron chi connectivity index (χ2n) is 5.02. The van der Waals surface area contributed by atoms with Gasteiger partial charge < -0.3 is 9.73 Å². The molecule has 1 fully saturated rings. The normalized spacial score (nSPS) is 18.0. The van der Waals surface area contributed by atoms with Gasteiger partial charge in [0.2, 0.25) is 5.89 Å². The lowest BCUT2D eigenvalue weighted by Gasteiger charge is -2.02. The van der Waals surface area contributed by atoms with Crippen molar-refractivity contribution in [2.75, 3.05) is 5.32 Å². The SMILES string of the molecule is C1=CC(n2cc(CNc3nnc(C4CC4)o3)nn2)C=C1. The molecule has 102 valence electrons. The molecule has 2 heterocycles. The number of anilines is 1. The number of allylic oxidation sites excluding steroid dienone is 4. The first-order chi connectivity index (χ1) is 9.88. The van der Waals surface area contributed by atoms with Crippen molar-refractivity contribution in [1.82, 2.24) is 25.2 Å². The number of aromatic nitrogens is 5. The Morgan fingerprint density at radius 2 is 2.05 bits per heavy atom. The standard InChI is InChI=1S/C13H14N6O/c1-2-4-11(3-1)19-8-10(15-18-19)7-14-13-17-16-12(20-13)9-5-6-9/h1-4,8-9,11H,5-7H2,(H,14,17). The van der Waals surface area contributed by atoms with E-state index in [2.05, 4.69) is 38.0 Å². The molecule has 0 aliphatic heterocycles. The minimum absolute atomic E-state index is 0.168. The molecular weight excluding hydrogens is 256 g/mol. The monoisotopic (exact) mass is 270 g/mol. The topological polar surface area (TPSA) is 81.7 Å². The zero-order valence-electron chi connectivity index (χ0n) is 10.8. The molecule has 4 rings (SSSR count). The summed E-state index contributed by atoms with van der Waals surface area (Å²) in [5.74, 6) is 1.21. The molecule has 0 unspecified atom stereocenters. The van der Waals surface area contributed by atoms with Gasteiger partial charge in [0.25, 0.3) is 0 Å². The highest BCUT2D eigenvalue weighted by atomic mass is 16.4. The minimum atomic E-state index is 0.168. The van der Waals surface area contributed by atoms with E-state index in [4.69, 9.17) is 4.42 Å². The minimum Gasteiger partial charge on any atom is -0.408 e. The van der Waals surface area contributed by atoms with E-state index in [9.17, 15) is 0 Å². The van der Waals surface area contributed by atoms with Crippen LogP contribution in [0.4, 0.5) is 6.01 Å². The van der Waals surface area contributed by atoms with E-state index in [1.807, 2.05) is 23.0 Å². The van der Waals surface area contributed by atoms with E-state index < -0.39 is 0 Å². The van der Waals surface area contributed by atoms with Gasteiger partial charge in [-0.25, -0.2) is 4.68 Å². The highest BCUT2D eigenvalue weighted by Gasteiger charge is 2.29. The van der Waals surface area contributed by atoms with E-state index in [-0.39, 0.29) is 6.04 Å². The summed E-state index contributed by atoms with van der Waals surface area (Å²) in [6, 6.07) is 0.614. The Labute approximate surface area is 115 Å². The number of hydrogen-bond acceptors (Lipinski definition) is 6. The zero-order chi connectivity index (χ0) is 13.4. The van der Waals surface area contributed by atoms with Crippen LogP contribution in [-0.4, -0.2) is 25.2 Å². The van der Waals surface area contributed by atoms with Gasteiger partial charge in [-0.05, 0) is 12.8 Å². The highest BCUT2D eigenvalue weighted by molar-refractivity contribution is 5.22. The number of rotatable bonds is 5. The van der Waals surface area contributed by atoms with Crippen LogP contribution < -0.4 is 5.32 Å². The summed E-state index contributed by atoms with van der Waals surface area (Å²) in [6.45, 7) is 0.520. The number of nitrogens with one attached hydrogen (secondary N) is 1. The Hall–Kier alpha value is -2.44. The quantitative estimate of drug-likeness (QED) is 0.892. The van der Waals surface area contributed by atoms with E-state index >= 15 is 0 Å². The first-order valence-corrected chi connectivity index (χ1v) is 6.71. The smallest absolute Gasteiger partial charge is 0.315 e. The molecule has 1 saturated carbocycles. The molecule has 2 aromatic rings. The maximum absolute atomic E-state index is 5.53. The Morgan fingerprint density at radius 1 is 1.20 bits per heavy atom. The van der Waals surface area contributed by atoms with E-state index in [0.717, 1.165) is 24.4 Å². The molecule has 2 aliphatic rings. The van der Waals surface area contributed by atoms with Crippen molar-refractivity contribution in [2.45, 2.75) is 31.3 Å². The third kappa shape index (κ3) is 2.22. The average Bonchev–Trinajstić information content (AvgIpc) is 2.93. The van der Waals surface area contributed by atoms with Gasteiger partial charge in [-0.2, -0.15) is 0 Å². The molecule has 1 N–H and O–H groups in total. The van der Waals surface area contributed by atoms with Crippen LogP contribution in [0.5, 0.6) is 0 Å². The summed E-state index contributed by atoms with van der Waals surface area (Å²) in [7, 11) is 0. The van der Waals surface area contributed by atoms with Crippen molar-refractivity contribution >= 4 is 6.01 Å². The highest BCUT2D eigenvalue weighted by Crippen LogP contribution is 2.39. The molecule has 0 amide bonds. The van der Waals surface area contributed by atoms with Crippen LogP contribution in [0.3, 0.4) is 0 Å². The van der Waals surface area contributed by atoms with Crippen LogP contribution in [0.25, 0.3) is 0 Å². The maximum Gasteiger partial charge on any atom is 0.315 e.